The van der Waals surface area contributed by atoms with Gasteiger partial charge < -0.3 is 0 Å². The molecule has 1 N–H and O–H groups in total. The van der Waals surface area contributed by atoms with Gasteiger partial charge in [0.05, 0.1) is 33.0 Å². The molecular weight excluding hydrogens is 714 g/mol. The lowest BCUT2D eigenvalue weighted by Crippen LogP contribution is -2.11. The molecule has 0 amide bonds. The van der Waals surface area contributed by atoms with Crippen LogP contribution in [0.5, 0.6) is 0 Å². The van der Waals surface area contributed by atoms with Crippen LogP contribution < -0.4 is 10.7 Å². The molecule has 0 spiro atoms. The van der Waals surface area contributed by atoms with E-state index in [1.54, 1.807) is 12.3 Å². The lowest BCUT2D eigenvalue weighted by molar-refractivity contribution is -0.144. The van der Waals surface area contributed by atoms with E-state index in [4.69, 9.17) is 5.41 Å². The van der Waals surface area contributed by atoms with Gasteiger partial charge in [0.1, 0.15) is 0 Å². The summed E-state index contributed by atoms with van der Waals surface area (Å²) in [6.07, 6.45) is -18.7. The van der Waals surface area contributed by atoms with Gasteiger partial charge in [0, 0.05) is 21.5 Å². The second-order valence-corrected chi connectivity index (χ2v) is 12.0. The van der Waals surface area contributed by atoms with Crippen molar-refractivity contribution < 1.29 is 52.7 Å². The van der Waals surface area contributed by atoms with E-state index in [1.807, 2.05) is 0 Å². The van der Waals surface area contributed by atoms with E-state index in [0.717, 1.165) is 0 Å². The molecule has 0 saturated carbocycles. The molecule has 0 saturated heterocycles. The molecule has 262 valence electrons. The van der Waals surface area contributed by atoms with Crippen LogP contribution in [-0.2, 0) is 24.7 Å². The number of hydrogen-bond donors (Lipinski definition) is 1. The Bertz CT molecular complexity index is 2710. The van der Waals surface area contributed by atoms with Crippen LogP contribution in [-0.4, -0.2) is 0 Å². The molecule has 0 aliphatic heterocycles. The van der Waals surface area contributed by atoms with E-state index in [9.17, 15) is 57.9 Å². The Morgan fingerprint density at radius 2 is 0.750 bits per heavy atom. The molecule has 0 bridgehead atoms. The molecule has 7 aromatic rings. The minimum atomic E-state index is -5.09. The quantitative estimate of drug-likeness (QED) is 0.140. The van der Waals surface area contributed by atoms with E-state index in [0.29, 0.717) is 51.2 Å². The Balaban J connectivity index is 1.44. The van der Waals surface area contributed by atoms with Crippen LogP contribution in [0, 0.1) is 16.9 Å². The zero-order valence-electron chi connectivity index (χ0n) is 25.5. The molecule has 7 rings (SSSR count). The number of halogens is 12. The third kappa shape index (κ3) is 5.77. The molecule has 3 nitrogen and oxygen atoms in total. The summed E-state index contributed by atoms with van der Waals surface area (Å²) in [6.45, 7) is 0. The minimum absolute atomic E-state index is 0.00590. The van der Waals surface area contributed by atoms with E-state index in [1.165, 1.54) is 42.5 Å². The van der Waals surface area contributed by atoms with Gasteiger partial charge in [-0.05, 0) is 104 Å². The zero-order chi connectivity index (χ0) is 37.7. The van der Waals surface area contributed by atoms with Gasteiger partial charge in [-0.25, -0.2) is 0 Å². The van der Waals surface area contributed by atoms with Gasteiger partial charge in [0.25, 0.3) is 0 Å². The standard InChI is InChI=1S/C37H15F12N3/c38-34(39,40)20-5-18(6-21(11-20)35(41,42)43)16-1-3-24-26-13-27-25-4-2-17(19-7-22(36(44,45)46)12-23(8-19)37(47,48)49)10-30(25)33(52-15-50)31(27)14-29(26)32(51)28(24)9-16/h1-14,51H. The number of nitrogens with zero attached hydrogens (tertiary/aromatic N) is 2. The topological polar surface area (TPSA) is 60.0 Å². The Labute approximate surface area is 282 Å². The Morgan fingerprint density at radius 1 is 0.404 bits per heavy atom. The van der Waals surface area contributed by atoms with Crippen molar-refractivity contribution in [2.45, 2.75) is 24.7 Å². The molecule has 0 atom stereocenters. The summed E-state index contributed by atoms with van der Waals surface area (Å²) in [6, 6.07) is 13.6. The third-order valence-electron chi connectivity index (χ3n) is 8.83. The highest BCUT2D eigenvalue weighted by atomic mass is 19.4. The fraction of sp³-hybridized carbons (Fsp3) is 0.108. The van der Waals surface area contributed by atoms with Crippen molar-refractivity contribution in [1.82, 2.24) is 0 Å². The molecule has 52 heavy (non-hydrogen) atoms. The van der Waals surface area contributed by atoms with Gasteiger partial charge in [-0.3, -0.25) is 5.41 Å². The van der Waals surface area contributed by atoms with Crippen molar-refractivity contribution in [3.8, 4) is 28.4 Å². The maximum Gasteiger partial charge on any atom is 0.416 e. The summed E-state index contributed by atoms with van der Waals surface area (Å²) in [7, 11) is 0. The van der Waals surface area contributed by atoms with Gasteiger partial charge in [-0.1, -0.05) is 24.3 Å². The smallest absolute Gasteiger partial charge is 0.300 e. The summed E-state index contributed by atoms with van der Waals surface area (Å²) in [5.74, 6) is 0. The molecule has 15 heteroatoms. The fourth-order valence-electron chi connectivity index (χ4n) is 6.47. The maximum absolute atomic E-state index is 13.6. The summed E-state index contributed by atoms with van der Waals surface area (Å²) in [4.78, 5) is 3.87. The molecule has 0 aliphatic carbocycles. The predicted octanol–water partition coefficient (Wildman–Crippen LogP) is 11.4. The van der Waals surface area contributed by atoms with Crippen molar-refractivity contribution in [2.24, 2.45) is 4.99 Å². The van der Waals surface area contributed by atoms with Crippen LogP contribution in [0.25, 0.3) is 65.3 Å². The molecule has 0 unspecified atom stereocenters. The van der Waals surface area contributed by atoms with E-state index in [-0.39, 0.29) is 55.7 Å². The van der Waals surface area contributed by atoms with Crippen LogP contribution in [0.1, 0.15) is 22.3 Å². The highest BCUT2D eigenvalue weighted by Gasteiger charge is 2.38. The summed E-state index contributed by atoms with van der Waals surface area (Å²) in [5, 5.41) is 21.0. The molecule has 7 aromatic carbocycles. The van der Waals surface area contributed by atoms with Gasteiger partial charge in [0.2, 0.25) is 6.19 Å². The van der Waals surface area contributed by atoms with Gasteiger partial charge in [-0.15, -0.1) is 0 Å². The first kappa shape index (κ1) is 34.5. The summed E-state index contributed by atoms with van der Waals surface area (Å²) in [5.41, 5.74) is -6.87. The number of fused-ring (bicyclic) bond motifs is 6. The second-order valence-electron chi connectivity index (χ2n) is 12.0. The Kier molecular flexibility index (Phi) is 7.50. The fourth-order valence-corrected chi connectivity index (χ4v) is 6.47. The first-order valence-electron chi connectivity index (χ1n) is 14.8. The highest BCUT2D eigenvalue weighted by Crippen LogP contribution is 2.42. The van der Waals surface area contributed by atoms with Crippen LogP contribution in [0.2, 0.25) is 0 Å². The molecule has 0 radical (unpaired) electrons. The van der Waals surface area contributed by atoms with E-state index < -0.39 is 52.5 Å². The lowest BCUT2D eigenvalue weighted by Gasteiger charge is -2.14. The number of hydrogen-bond acceptors (Lipinski definition) is 3. The first-order valence-corrected chi connectivity index (χ1v) is 14.8. The molecule has 0 heterocycles. The van der Waals surface area contributed by atoms with Crippen molar-refractivity contribution in [3.05, 3.63) is 118 Å². The van der Waals surface area contributed by atoms with Crippen molar-refractivity contribution >= 4 is 43.1 Å². The largest absolute Gasteiger partial charge is 0.416 e. The summed E-state index contributed by atoms with van der Waals surface area (Å²) >= 11 is 0. The van der Waals surface area contributed by atoms with Crippen molar-refractivity contribution in [3.63, 3.8) is 0 Å². The Hall–Kier alpha value is -5.91. The average molecular weight is 730 g/mol. The lowest BCUT2D eigenvalue weighted by atomic mass is 9.97. The average Bonchev–Trinajstić information content (AvgIpc) is 3.51. The molecular formula is C37H15F12N3. The van der Waals surface area contributed by atoms with Crippen LogP contribution in [0.4, 0.5) is 52.7 Å². The van der Waals surface area contributed by atoms with Gasteiger partial charge in [-0.2, -0.15) is 62.9 Å². The monoisotopic (exact) mass is 729 g/mol. The molecule has 0 fully saturated rings. The van der Waals surface area contributed by atoms with Crippen molar-refractivity contribution in [1.29, 1.82) is 10.7 Å². The number of alkyl halides is 12. The number of rotatable bonds is 2. The predicted molar refractivity (Wildman–Crippen MR) is 167 cm³/mol. The van der Waals surface area contributed by atoms with Gasteiger partial charge in [0.15, 0.2) is 0 Å². The SMILES string of the molecule is N#CN=c1c2cc(-c3cc(C(F)(F)F)cc(C(F)(F)F)c3)ccc2c2cc3c(cc12)c(=N)c1cc(-c2cc(C(F)(F)F)cc(C(F)(F)F)c2)ccc13. The minimum Gasteiger partial charge on any atom is -0.300 e. The number of benzene rings is 5. The highest BCUT2D eigenvalue weighted by molar-refractivity contribution is 6.21. The van der Waals surface area contributed by atoms with Crippen LogP contribution >= 0.6 is 0 Å². The Morgan fingerprint density at radius 3 is 1.17 bits per heavy atom. The normalized spacial score (nSPS) is 13.6. The zero-order valence-corrected chi connectivity index (χ0v) is 25.5. The van der Waals surface area contributed by atoms with E-state index in [2.05, 4.69) is 4.99 Å². The number of nitrogens with one attached hydrogen (secondary N) is 1. The molecule has 0 aliphatic rings. The first-order chi connectivity index (χ1) is 24.1. The second kappa shape index (κ2) is 11.3. The molecule has 0 aromatic heterocycles. The van der Waals surface area contributed by atoms with Crippen molar-refractivity contribution in [2.75, 3.05) is 0 Å². The number of nitriles is 1. The summed E-state index contributed by atoms with van der Waals surface area (Å²) < 4.78 is 163. The van der Waals surface area contributed by atoms with Crippen LogP contribution in [0.15, 0.2) is 89.9 Å². The van der Waals surface area contributed by atoms with Crippen LogP contribution in [0.3, 0.4) is 0 Å². The third-order valence-corrected chi connectivity index (χ3v) is 8.83. The van der Waals surface area contributed by atoms with E-state index >= 15 is 0 Å². The van der Waals surface area contributed by atoms with Gasteiger partial charge >= 0.3 is 24.7 Å². The maximum atomic E-state index is 13.6.